The van der Waals surface area contributed by atoms with Gasteiger partial charge in [-0.05, 0) is 0 Å². The van der Waals surface area contributed by atoms with Crippen LogP contribution in [0, 0.1) is 11.3 Å². The molecule has 0 aliphatic heterocycles. The highest BCUT2D eigenvalue weighted by atomic mass is 35.7. The molecule has 3 nitrogen and oxygen atoms in total. The van der Waals surface area contributed by atoms with Crippen LogP contribution in [-0.4, -0.2) is 19.5 Å². The van der Waals surface area contributed by atoms with Gasteiger partial charge in [0.15, 0.2) is 0 Å². The molecular formula is C3H3Cl2NO2S. The first-order chi connectivity index (χ1) is 3.95. The number of nitriles is 1. The highest BCUT2D eigenvalue weighted by molar-refractivity contribution is 8.13. The molecule has 0 bridgehead atoms. The van der Waals surface area contributed by atoms with Crippen LogP contribution < -0.4 is 0 Å². The van der Waals surface area contributed by atoms with E-state index >= 15 is 0 Å². The largest absolute Gasteiger partial charge is 0.235 e. The second-order valence-corrected chi connectivity index (χ2v) is 4.65. The SMILES string of the molecule is N#CC(Cl)CS(=O)(=O)Cl. The molecule has 0 aliphatic carbocycles. The van der Waals surface area contributed by atoms with E-state index < -0.39 is 20.2 Å². The van der Waals surface area contributed by atoms with Gasteiger partial charge in [0.25, 0.3) is 0 Å². The van der Waals surface area contributed by atoms with Crippen molar-refractivity contribution in [1.82, 2.24) is 0 Å². The van der Waals surface area contributed by atoms with Gasteiger partial charge in [0, 0.05) is 10.7 Å². The third-order valence-corrected chi connectivity index (χ3v) is 2.03. The smallest absolute Gasteiger partial charge is 0.212 e. The lowest BCUT2D eigenvalue weighted by molar-refractivity contribution is 0.609. The molecule has 9 heavy (non-hydrogen) atoms. The van der Waals surface area contributed by atoms with Gasteiger partial charge in [0.05, 0.1) is 11.8 Å². The van der Waals surface area contributed by atoms with Gasteiger partial charge in [0.2, 0.25) is 9.05 Å². The van der Waals surface area contributed by atoms with Gasteiger partial charge in [-0.25, -0.2) is 8.42 Å². The lowest BCUT2D eigenvalue weighted by atomic mass is 10.5. The van der Waals surface area contributed by atoms with E-state index in [2.05, 4.69) is 0 Å². The highest BCUT2D eigenvalue weighted by Gasteiger charge is 2.12. The average molecular weight is 188 g/mol. The van der Waals surface area contributed by atoms with Crippen molar-refractivity contribution in [3.05, 3.63) is 0 Å². The quantitative estimate of drug-likeness (QED) is 0.473. The number of alkyl halides is 1. The fourth-order valence-electron chi connectivity index (χ4n) is 0.212. The predicted molar refractivity (Wildman–Crippen MR) is 34.9 cm³/mol. The van der Waals surface area contributed by atoms with Crippen molar-refractivity contribution >= 4 is 31.3 Å². The Bertz CT molecular complexity index is 216. The monoisotopic (exact) mass is 187 g/mol. The van der Waals surface area contributed by atoms with Crippen LogP contribution in [0.25, 0.3) is 0 Å². The summed E-state index contributed by atoms with van der Waals surface area (Å²) in [6.45, 7) is 0. The molecule has 0 heterocycles. The first kappa shape index (κ1) is 9.02. The van der Waals surface area contributed by atoms with E-state index in [4.69, 9.17) is 27.5 Å². The van der Waals surface area contributed by atoms with Crippen molar-refractivity contribution in [3.63, 3.8) is 0 Å². The second-order valence-electron chi connectivity index (χ2n) is 1.30. The van der Waals surface area contributed by atoms with Crippen molar-refractivity contribution in [3.8, 4) is 6.07 Å². The van der Waals surface area contributed by atoms with Crippen molar-refractivity contribution < 1.29 is 8.42 Å². The minimum atomic E-state index is -3.62. The molecule has 6 heteroatoms. The van der Waals surface area contributed by atoms with Crippen molar-refractivity contribution in [2.24, 2.45) is 0 Å². The third kappa shape index (κ3) is 5.90. The molecule has 1 unspecified atom stereocenters. The van der Waals surface area contributed by atoms with Crippen LogP contribution in [0.15, 0.2) is 0 Å². The first-order valence-corrected chi connectivity index (χ1v) is 4.83. The molecule has 0 aromatic heterocycles. The lowest BCUT2D eigenvalue weighted by Crippen LogP contribution is -2.08. The van der Waals surface area contributed by atoms with Crippen molar-refractivity contribution in [2.45, 2.75) is 5.38 Å². The van der Waals surface area contributed by atoms with Gasteiger partial charge in [0.1, 0.15) is 5.38 Å². The van der Waals surface area contributed by atoms with Crippen LogP contribution in [0.1, 0.15) is 0 Å². The molecule has 0 aromatic rings. The minimum Gasteiger partial charge on any atom is -0.212 e. The summed E-state index contributed by atoms with van der Waals surface area (Å²) in [5.41, 5.74) is 0. The predicted octanol–water partition coefficient (Wildman–Crippen LogP) is 0.686. The number of nitrogens with zero attached hydrogens (tertiary/aromatic N) is 1. The zero-order chi connectivity index (χ0) is 7.49. The van der Waals surface area contributed by atoms with Crippen molar-refractivity contribution in [2.75, 3.05) is 5.75 Å². The molecule has 0 amide bonds. The van der Waals surface area contributed by atoms with E-state index in [9.17, 15) is 8.42 Å². The van der Waals surface area contributed by atoms with Gasteiger partial charge in [-0.15, -0.1) is 11.6 Å². The summed E-state index contributed by atoms with van der Waals surface area (Å²) in [5, 5.41) is 6.94. The zero-order valence-corrected chi connectivity index (χ0v) is 6.54. The topological polar surface area (TPSA) is 57.9 Å². The molecule has 1 atom stereocenters. The fraction of sp³-hybridized carbons (Fsp3) is 0.667. The summed E-state index contributed by atoms with van der Waals surface area (Å²) < 4.78 is 20.3. The summed E-state index contributed by atoms with van der Waals surface area (Å²) in [6.07, 6.45) is 0. The summed E-state index contributed by atoms with van der Waals surface area (Å²) in [6, 6.07) is 1.52. The summed E-state index contributed by atoms with van der Waals surface area (Å²) in [4.78, 5) is 0. The molecule has 0 aromatic carbocycles. The normalized spacial score (nSPS) is 14.3. The second kappa shape index (κ2) is 3.25. The van der Waals surface area contributed by atoms with Gasteiger partial charge in [-0.1, -0.05) is 0 Å². The number of halogens is 2. The van der Waals surface area contributed by atoms with Gasteiger partial charge in [-0.2, -0.15) is 5.26 Å². The average Bonchev–Trinajstić information content (AvgIpc) is 1.62. The van der Waals surface area contributed by atoms with Crippen LogP contribution in [0.2, 0.25) is 0 Å². The Labute approximate surface area is 62.6 Å². The molecule has 0 spiro atoms. The molecule has 0 aliphatic rings. The Morgan fingerprint density at radius 1 is 1.67 bits per heavy atom. The third-order valence-electron chi connectivity index (χ3n) is 0.485. The van der Waals surface area contributed by atoms with Gasteiger partial charge < -0.3 is 0 Å². The Hall–Kier alpha value is 0.0200. The van der Waals surface area contributed by atoms with E-state index in [0.717, 1.165) is 0 Å². The van der Waals surface area contributed by atoms with Crippen LogP contribution in [0.4, 0.5) is 0 Å². The highest BCUT2D eigenvalue weighted by Crippen LogP contribution is 2.03. The first-order valence-electron chi connectivity index (χ1n) is 1.92. The summed E-state index contributed by atoms with van der Waals surface area (Å²) in [5.74, 6) is -0.507. The standard InChI is InChI=1S/C3H3Cl2NO2S/c4-3(1-6)2-9(5,7)8/h3H,2H2. The van der Waals surface area contributed by atoms with Crippen LogP contribution >= 0.6 is 22.3 Å². The van der Waals surface area contributed by atoms with E-state index in [-0.39, 0.29) is 0 Å². The number of hydrogen-bond acceptors (Lipinski definition) is 3. The Morgan fingerprint density at radius 2 is 2.11 bits per heavy atom. The fourth-order valence-corrected chi connectivity index (χ4v) is 1.71. The molecule has 0 saturated heterocycles. The molecule has 0 saturated carbocycles. The minimum absolute atomic E-state index is 0.507. The summed E-state index contributed by atoms with van der Waals surface area (Å²) >= 11 is 5.13. The maximum atomic E-state index is 10.1. The van der Waals surface area contributed by atoms with Crippen LogP contribution in [0.3, 0.4) is 0 Å². The lowest BCUT2D eigenvalue weighted by Gasteiger charge is -1.92. The van der Waals surface area contributed by atoms with Gasteiger partial charge >= 0.3 is 0 Å². The molecule has 0 rings (SSSR count). The number of hydrogen-bond donors (Lipinski definition) is 0. The van der Waals surface area contributed by atoms with Gasteiger partial charge in [-0.3, -0.25) is 0 Å². The van der Waals surface area contributed by atoms with E-state index in [0.29, 0.717) is 0 Å². The molecule has 0 radical (unpaired) electrons. The molecule has 0 N–H and O–H groups in total. The molecular weight excluding hydrogens is 185 g/mol. The van der Waals surface area contributed by atoms with E-state index in [1.54, 1.807) is 0 Å². The molecule has 52 valence electrons. The number of rotatable bonds is 2. The Balaban J connectivity index is 3.94. The van der Waals surface area contributed by atoms with Crippen molar-refractivity contribution in [1.29, 1.82) is 5.26 Å². The Kier molecular flexibility index (Phi) is 3.26. The van der Waals surface area contributed by atoms with Crippen LogP contribution in [-0.2, 0) is 9.05 Å². The van der Waals surface area contributed by atoms with E-state index in [1.807, 2.05) is 0 Å². The Morgan fingerprint density at radius 3 is 2.22 bits per heavy atom. The zero-order valence-electron chi connectivity index (χ0n) is 4.21. The maximum absolute atomic E-state index is 10.1. The van der Waals surface area contributed by atoms with Crippen LogP contribution in [0.5, 0.6) is 0 Å². The maximum Gasteiger partial charge on any atom is 0.235 e. The summed E-state index contributed by atoms with van der Waals surface area (Å²) in [7, 11) is 1.13. The molecule has 0 fully saturated rings. The van der Waals surface area contributed by atoms with E-state index in [1.165, 1.54) is 6.07 Å².